The molecule has 0 saturated carbocycles. The third kappa shape index (κ3) is 5.44. The molecule has 162 valence electrons. The Bertz CT molecular complexity index is 1000. The van der Waals surface area contributed by atoms with E-state index in [4.69, 9.17) is 23.2 Å². The summed E-state index contributed by atoms with van der Waals surface area (Å²) in [5.74, 6) is 0. The Labute approximate surface area is 194 Å². The summed E-state index contributed by atoms with van der Waals surface area (Å²) < 4.78 is 0. The summed E-state index contributed by atoms with van der Waals surface area (Å²) in [6.07, 6.45) is 6.10. The van der Waals surface area contributed by atoms with Crippen LogP contribution in [0.4, 0.5) is 0 Å². The summed E-state index contributed by atoms with van der Waals surface area (Å²) in [5.41, 5.74) is 0.923. The van der Waals surface area contributed by atoms with E-state index in [1.807, 2.05) is 12.1 Å². The van der Waals surface area contributed by atoms with Crippen LogP contribution in [0.25, 0.3) is 21.5 Å². The molecule has 1 atom stereocenters. The van der Waals surface area contributed by atoms with Crippen molar-refractivity contribution in [3.8, 4) is 0 Å². The molecular formula is C25H31Cl2NOS. The molecule has 2 nitrogen and oxygen atoms in total. The second-order valence-corrected chi connectivity index (χ2v) is 9.58. The number of thioether (sulfide) groups is 1. The highest BCUT2D eigenvalue weighted by atomic mass is 35.5. The molecule has 1 N–H and O–H groups in total. The topological polar surface area (TPSA) is 23.5 Å². The average molecular weight is 465 g/mol. The second kappa shape index (κ2) is 11.1. The average Bonchev–Trinajstić information content (AvgIpc) is 2.75. The second-order valence-electron chi connectivity index (χ2n) is 7.89. The molecule has 3 rings (SSSR count). The molecule has 0 bridgehead atoms. The summed E-state index contributed by atoms with van der Waals surface area (Å²) >= 11 is 14.5. The third-order valence-electron chi connectivity index (χ3n) is 5.68. The van der Waals surface area contributed by atoms with E-state index in [0.717, 1.165) is 65.9 Å². The number of benzene rings is 3. The van der Waals surface area contributed by atoms with E-state index in [2.05, 4.69) is 49.3 Å². The Morgan fingerprint density at radius 3 is 2.13 bits per heavy atom. The molecule has 0 saturated heterocycles. The number of aliphatic hydroxyl groups is 1. The van der Waals surface area contributed by atoms with Crippen LogP contribution in [-0.2, 0) is 0 Å². The fourth-order valence-electron chi connectivity index (χ4n) is 3.96. The Morgan fingerprint density at radius 2 is 1.53 bits per heavy atom. The molecule has 30 heavy (non-hydrogen) atoms. The molecule has 0 heterocycles. The summed E-state index contributed by atoms with van der Waals surface area (Å²) in [7, 11) is 0. The largest absolute Gasteiger partial charge is 0.387 e. The van der Waals surface area contributed by atoms with Gasteiger partial charge in [-0.25, -0.2) is 0 Å². The molecule has 0 aliphatic carbocycles. The minimum absolute atomic E-state index is 0.520. The predicted octanol–water partition coefficient (Wildman–Crippen LogP) is 7.96. The quantitative estimate of drug-likeness (QED) is 0.243. The van der Waals surface area contributed by atoms with Crippen LogP contribution in [-0.4, -0.2) is 35.9 Å². The molecule has 0 fully saturated rings. The Kier molecular flexibility index (Phi) is 8.73. The summed E-state index contributed by atoms with van der Waals surface area (Å²) in [5, 5.41) is 16.6. The minimum Gasteiger partial charge on any atom is -0.387 e. The van der Waals surface area contributed by atoms with Gasteiger partial charge in [-0.05, 0) is 89.6 Å². The zero-order valence-electron chi connectivity index (χ0n) is 18.0. The molecule has 0 aliphatic rings. The highest BCUT2D eigenvalue weighted by Gasteiger charge is 2.18. The fraction of sp³-hybridized carbons (Fsp3) is 0.440. The SMILES string of the molecule is CCCCN(CCCC)CC(O)c1cc2cc(SC)ccc2c2cc(Cl)c(Cl)cc12. The summed E-state index contributed by atoms with van der Waals surface area (Å²) in [6.45, 7) is 7.08. The standard InChI is InChI=1S/C25H31Cl2NOS/c1-4-6-10-28(11-7-5-2)16-25(29)22-13-17-12-18(30-3)8-9-19(17)20-14-23(26)24(27)15-21(20)22/h8-9,12-15,25,29H,4-7,10-11,16H2,1-3H3. The van der Waals surface area contributed by atoms with Gasteiger partial charge < -0.3 is 10.0 Å². The first-order chi connectivity index (χ1) is 14.5. The first kappa shape index (κ1) is 23.7. The molecule has 0 amide bonds. The van der Waals surface area contributed by atoms with E-state index in [1.165, 1.54) is 4.90 Å². The van der Waals surface area contributed by atoms with Crippen LogP contribution in [0.5, 0.6) is 0 Å². The van der Waals surface area contributed by atoms with Gasteiger partial charge in [-0.15, -0.1) is 11.8 Å². The van der Waals surface area contributed by atoms with Crippen LogP contribution in [0.1, 0.15) is 51.2 Å². The lowest BCUT2D eigenvalue weighted by molar-refractivity contribution is 0.112. The maximum Gasteiger partial charge on any atom is 0.0923 e. The van der Waals surface area contributed by atoms with Crippen molar-refractivity contribution >= 4 is 56.5 Å². The zero-order valence-corrected chi connectivity index (χ0v) is 20.4. The van der Waals surface area contributed by atoms with Gasteiger partial charge in [-0.1, -0.05) is 56.0 Å². The highest BCUT2D eigenvalue weighted by molar-refractivity contribution is 7.98. The molecule has 0 aromatic heterocycles. The lowest BCUT2D eigenvalue weighted by atomic mass is 9.94. The Morgan fingerprint density at radius 1 is 0.900 bits per heavy atom. The van der Waals surface area contributed by atoms with Crippen molar-refractivity contribution in [3.05, 3.63) is 52.0 Å². The summed E-state index contributed by atoms with van der Waals surface area (Å²) in [6, 6.07) is 12.4. The van der Waals surface area contributed by atoms with E-state index in [1.54, 1.807) is 11.8 Å². The molecule has 5 heteroatoms. The fourth-order valence-corrected chi connectivity index (χ4v) is 4.74. The van der Waals surface area contributed by atoms with Gasteiger partial charge in [0, 0.05) is 11.4 Å². The van der Waals surface area contributed by atoms with Crippen molar-refractivity contribution in [1.82, 2.24) is 4.90 Å². The van der Waals surface area contributed by atoms with Gasteiger partial charge in [-0.2, -0.15) is 0 Å². The van der Waals surface area contributed by atoms with E-state index in [9.17, 15) is 5.11 Å². The Balaban J connectivity index is 2.08. The van der Waals surface area contributed by atoms with E-state index in [-0.39, 0.29) is 0 Å². The maximum atomic E-state index is 11.3. The first-order valence-electron chi connectivity index (χ1n) is 10.8. The van der Waals surface area contributed by atoms with Gasteiger partial charge in [0.1, 0.15) is 0 Å². The molecule has 3 aromatic rings. The molecule has 0 radical (unpaired) electrons. The number of rotatable bonds is 10. The van der Waals surface area contributed by atoms with Crippen LogP contribution < -0.4 is 0 Å². The monoisotopic (exact) mass is 463 g/mol. The van der Waals surface area contributed by atoms with Gasteiger partial charge in [-0.3, -0.25) is 0 Å². The predicted molar refractivity (Wildman–Crippen MR) is 134 cm³/mol. The smallest absolute Gasteiger partial charge is 0.0923 e. The molecule has 1 unspecified atom stereocenters. The maximum absolute atomic E-state index is 11.3. The highest BCUT2D eigenvalue weighted by Crippen LogP contribution is 2.38. The third-order valence-corrected chi connectivity index (χ3v) is 7.12. The van der Waals surface area contributed by atoms with Gasteiger partial charge in [0.05, 0.1) is 16.1 Å². The lowest BCUT2D eigenvalue weighted by Crippen LogP contribution is -2.30. The van der Waals surface area contributed by atoms with E-state index in [0.29, 0.717) is 16.6 Å². The van der Waals surface area contributed by atoms with Crippen LogP contribution in [0.15, 0.2) is 41.3 Å². The number of hydrogen-bond donors (Lipinski definition) is 1. The molecule has 3 aromatic carbocycles. The van der Waals surface area contributed by atoms with Crippen molar-refractivity contribution in [2.24, 2.45) is 0 Å². The van der Waals surface area contributed by atoms with Crippen molar-refractivity contribution in [1.29, 1.82) is 0 Å². The number of halogens is 2. The van der Waals surface area contributed by atoms with Crippen molar-refractivity contribution in [2.75, 3.05) is 25.9 Å². The lowest BCUT2D eigenvalue weighted by Gasteiger charge is -2.26. The van der Waals surface area contributed by atoms with Gasteiger partial charge in [0.25, 0.3) is 0 Å². The van der Waals surface area contributed by atoms with Crippen molar-refractivity contribution in [2.45, 2.75) is 50.5 Å². The number of unbranched alkanes of at least 4 members (excludes halogenated alkanes) is 2. The van der Waals surface area contributed by atoms with Crippen molar-refractivity contribution in [3.63, 3.8) is 0 Å². The number of nitrogens with zero attached hydrogens (tertiary/aromatic N) is 1. The Hall–Kier alpha value is -0.970. The van der Waals surface area contributed by atoms with Gasteiger partial charge in [0.15, 0.2) is 0 Å². The molecular weight excluding hydrogens is 433 g/mol. The van der Waals surface area contributed by atoms with Crippen LogP contribution >= 0.6 is 35.0 Å². The van der Waals surface area contributed by atoms with Crippen molar-refractivity contribution < 1.29 is 5.11 Å². The van der Waals surface area contributed by atoms with Crippen LogP contribution in [0, 0.1) is 0 Å². The van der Waals surface area contributed by atoms with Gasteiger partial charge in [0.2, 0.25) is 0 Å². The van der Waals surface area contributed by atoms with Crippen LogP contribution in [0.2, 0.25) is 10.0 Å². The molecule has 0 aliphatic heterocycles. The number of fused-ring (bicyclic) bond motifs is 3. The first-order valence-corrected chi connectivity index (χ1v) is 12.8. The van der Waals surface area contributed by atoms with E-state index >= 15 is 0 Å². The zero-order chi connectivity index (χ0) is 21.7. The summed E-state index contributed by atoms with van der Waals surface area (Å²) in [4.78, 5) is 3.60. The normalized spacial score (nSPS) is 12.9. The van der Waals surface area contributed by atoms with Crippen LogP contribution in [0.3, 0.4) is 0 Å². The minimum atomic E-state index is -0.583. The molecule has 0 spiro atoms. The van der Waals surface area contributed by atoms with E-state index < -0.39 is 6.10 Å². The number of hydrogen-bond acceptors (Lipinski definition) is 3. The number of aliphatic hydroxyl groups excluding tert-OH is 1. The van der Waals surface area contributed by atoms with Gasteiger partial charge >= 0.3 is 0 Å².